The van der Waals surface area contributed by atoms with E-state index in [-0.39, 0.29) is 51.4 Å². The van der Waals surface area contributed by atoms with Crippen LogP contribution < -0.4 is 51.4 Å². The summed E-state index contributed by atoms with van der Waals surface area (Å²) < 4.78 is 0. The molecule has 0 unspecified atom stereocenters. The van der Waals surface area contributed by atoms with Crippen LogP contribution in [0, 0.1) is 5.92 Å². The molecule has 0 aromatic carbocycles. The molecule has 0 bridgehead atoms. The van der Waals surface area contributed by atoms with Crippen LogP contribution in [-0.2, 0) is 0 Å². The zero-order chi connectivity index (χ0) is 5.82. The van der Waals surface area contributed by atoms with E-state index in [1.807, 2.05) is 0 Å². The minimum Gasteiger partial charge on any atom is -0.662 e. The molecule has 0 aromatic rings. The summed E-state index contributed by atoms with van der Waals surface area (Å²) >= 11 is 0. The Hall–Kier alpha value is 1.60. The van der Waals surface area contributed by atoms with Crippen LogP contribution in [-0.4, -0.2) is 13.1 Å². The van der Waals surface area contributed by atoms with E-state index in [0.29, 0.717) is 0 Å². The van der Waals surface area contributed by atoms with Crippen molar-refractivity contribution in [1.82, 2.24) is 0 Å². The second-order valence-electron chi connectivity index (χ2n) is 2.52. The minimum atomic E-state index is 0. The van der Waals surface area contributed by atoms with Crippen molar-refractivity contribution >= 4 is 0 Å². The summed E-state index contributed by atoms with van der Waals surface area (Å²) in [4.78, 5) is 0. The molecule has 1 aliphatic heterocycles. The molecule has 1 heterocycles. The number of piperidine rings is 1. The van der Waals surface area contributed by atoms with Gasteiger partial charge in [-0.2, -0.15) is 0 Å². The first-order valence-electron chi connectivity index (χ1n) is 3.56. The number of rotatable bonds is 1. The van der Waals surface area contributed by atoms with Crippen LogP contribution in [0.3, 0.4) is 0 Å². The van der Waals surface area contributed by atoms with Gasteiger partial charge in [-0.25, -0.2) is 0 Å². The predicted octanol–water partition coefficient (Wildman–Crippen LogP) is -0.816. The molecule has 1 rings (SSSR count). The minimum absolute atomic E-state index is 0. The fourth-order valence-electron chi connectivity index (χ4n) is 1.21. The van der Waals surface area contributed by atoms with Gasteiger partial charge in [0.15, 0.2) is 0 Å². The quantitative estimate of drug-likeness (QED) is 0.435. The molecule has 0 radical (unpaired) electrons. The molecular weight excluding hydrogens is 137 g/mol. The Bertz CT molecular complexity index is 59.9. The van der Waals surface area contributed by atoms with Crippen molar-refractivity contribution in [3.8, 4) is 0 Å². The van der Waals surface area contributed by atoms with Gasteiger partial charge in [-0.05, 0) is 5.92 Å². The van der Waals surface area contributed by atoms with Crippen molar-refractivity contribution in [2.75, 3.05) is 13.1 Å². The van der Waals surface area contributed by atoms with Crippen molar-refractivity contribution in [3.05, 3.63) is 5.32 Å². The first kappa shape index (κ1) is 10.6. The van der Waals surface area contributed by atoms with Gasteiger partial charge in [0.25, 0.3) is 0 Å². The van der Waals surface area contributed by atoms with Crippen LogP contribution in [0.25, 0.3) is 5.32 Å². The second-order valence-corrected chi connectivity index (χ2v) is 2.52. The van der Waals surface area contributed by atoms with Crippen LogP contribution >= 0.6 is 0 Å². The zero-order valence-corrected chi connectivity index (χ0v) is 9.68. The van der Waals surface area contributed by atoms with E-state index in [4.69, 9.17) is 0 Å². The van der Waals surface area contributed by atoms with Gasteiger partial charge in [0.05, 0.1) is 0 Å². The van der Waals surface area contributed by atoms with Gasteiger partial charge in [-0.3, -0.25) is 0 Å². The molecule has 0 N–H and O–H groups in total. The second kappa shape index (κ2) is 6.32. The van der Waals surface area contributed by atoms with Gasteiger partial charge in [0.1, 0.15) is 0 Å². The Labute approximate surface area is 100 Å². The summed E-state index contributed by atoms with van der Waals surface area (Å²) in [7, 11) is 0. The number of hydrogen-bond acceptors (Lipinski definition) is 0. The van der Waals surface area contributed by atoms with E-state index in [2.05, 4.69) is 12.2 Å². The van der Waals surface area contributed by atoms with Crippen molar-refractivity contribution < 1.29 is 51.4 Å². The number of hydrogen-bond donors (Lipinski definition) is 0. The average Bonchev–Trinajstić information content (AvgIpc) is 1.90. The van der Waals surface area contributed by atoms with Crippen LogP contribution in [0.1, 0.15) is 26.2 Å². The summed E-state index contributed by atoms with van der Waals surface area (Å²) in [6.45, 7) is 4.52. The summed E-state index contributed by atoms with van der Waals surface area (Å²) in [5.74, 6) is 0.993. The van der Waals surface area contributed by atoms with Gasteiger partial charge < -0.3 is 5.32 Å². The van der Waals surface area contributed by atoms with E-state index in [9.17, 15) is 0 Å². The van der Waals surface area contributed by atoms with Crippen molar-refractivity contribution in [3.63, 3.8) is 0 Å². The van der Waals surface area contributed by atoms with E-state index in [1.165, 1.54) is 19.3 Å². The first-order chi connectivity index (χ1) is 3.93. The Morgan fingerprint density at radius 3 is 2.22 bits per heavy atom. The maximum Gasteiger partial charge on any atom is 1.00 e. The van der Waals surface area contributed by atoms with Crippen LogP contribution in [0.4, 0.5) is 0 Å². The Balaban J connectivity index is 0.000000640. The maximum absolute atomic E-state index is 4.28. The molecule has 48 valence electrons. The predicted molar refractivity (Wildman–Crippen MR) is 36.1 cm³/mol. The van der Waals surface area contributed by atoms with Crippen molar-refractivity contribution in [2.45, 2.75) is 26.2 Å². The molecule has 2 heteroatoms. The molecule has 0 atom stereocenters. The molecule has 1 nitrogen and oxygen atoms in total. The van der Waals surface area contributed by atoms with Crippen LogP contribution in [0.5, 0.6) is 0 Å². The zero-order valence-electron chi connectivity index (χ0n) is 6.56. The topological polar surface area (TPSA) is 14.1 Å². The molecule has 0 saturated carbocycles. The summed E-state index contributed by atoms with van der Waals surface area (Å²) in [6.07, 6.45) is 4.04. The van der Waals surface area contributed by atoms with E-state index >= 15 is 0 Å². The largest absolute Gasteiger partial charge is 1.00 e. The van der Waals surface area contributed by atoms with Gasteiger partial charge in [-0.1, -0.05) is 26.2 Å². The van der Waals surface area contributed by atoms with Gasteiger partial charge >= 0.3 is 51.4 Å². The molecule has 0 amide bonds. The first-order valence-corrected chi connectivity index (χ1v) is 3.56. The molecule has 1 fully saturated rings. The third-order valence-corrected chi connectivity index (χ3v) is 1.97. The molecule has 1 saturated heterocycles. The normalized spacial score (nSPS) is 21.0. The van der Waals surface area contributed by atoms with Crippen molar-refractivity contribution in [2.24, 2.45) is 5.92 Å². The SMILES string of the molecule is CCC1CC[N-]CC1.[K+]. The number of nitrogens with zero attached hydrogens (tertiary/aromatic N) is 1. The summed E-state index contributed by atoms with van der Waals surface area (Å²) in [5, 5.41) is 4.28. The van der Waals surface area contributed by atoms with Gasteiger partial charge in [-0.15, -0.1) is 13.1 Å². The third-order valence-electron chi connectivity index (χ3n) is 1.97. The van der Waals surface area contributed by atoms with Crippen molar-refractivity contribution in [1.29, 1.82) is 0 Å². The summed E-state index contributed by atoms with van der Waals surface area (Å²) in [6, 6.07) is 0. The fourth-order valence-corrected chi connectivity index (χ4v) is 1.21. The van der Waals surface area contributed by atoms with E-state index in [0.717, 1.165) is 19.0 Å². The maximum atomic E-state index is 4.28. The standard InChI is InChI=1S/C7H14N.K/c1-2-7-3-5-8-6-4-7;/h7H,2-6H2,1H3;/q-1;+1. The molecule has 0 aromatic heterocycles. The third kappa shape index (κ3) is 4.12. The monoisotopic (exact) mass is 151 g/mol. The van der Waals surface area contributed by atoms with Gasteiger partial charge in [0.2, 0.25) is 0 Å². The molecule has 0 spiro atoms. The van der Waals surface area contributed by atoms with Gasteiger partial charge in [0, 0.05) is 0 Å². The van der Waals surface area contributed by atoms with Crippen LogP contribution in [0.2, 0.25) is 0 Å². The average molecular weight is 151 g/mol. The molecule has 9 heavy (non-hydrogen) atoms. The van der Waals surface area contributed by atoms with Crippen LogP contribution in [0.15, 0.2) is 0 Å². The molecule has 1 aliphatic rings. The Morgan fingerprint density at radius 1 is 1.33 bits per heavy atom. The summed E-state index contributed by atoms with van der Waals surface area (Å²) in [5.41, 5.74) is 0. The fraction of sp³-hybridized carbons (Fsp3) is 1.00. The Kier molecular flexibility index (Phi) is 7.44. The smallest absolute Gasteiger partial charge is 0.662 e. The van der Waals surface area contributed by atoms with E-state index in [1.54, 1.807) is 0 Å². The molecular formula is C7H14KN. The van der Waals surface area contributed by atoms with E-state index < -0.39 is 0 Å². The molecule has 0 aliphatic carbocycles. The Morgan fingerprint density at radius 2 is 1.89 bits per heavy atom.